The molecule has 1 rings (SSSR count). The molecule has 2 N–H and O–H groups in total. The lowest BCUT2D eigenvalue weighted by Crippen LogP contribution is -2.42. The van der Waals surface area contributed by atoms with E-state index in [2.05, 4.69) is 20.6 Å². The Hall–Kier alpha value is -1.36. The minimum atomic E-state index is -0.392. The molecule has 5 nitrogen and oxygen atoms in total. The zero-order valence-corrected chi connectivity index (χ0v) is 11.0. The molecule has 0 aliphatic carbocycles. The van der Waals surface area contributed by atoms with E-state index in [0.29, 0.717) is 10.8 Å². The van der Waals surface area contributed by atoms with Crippen molar-refractivity contribution >= 4 is 23.3 Å². The maximum atomic E-state index is 11.8. The van der Waals surface area contributed by atoms with Crippen LogP contribution in [0.4, 0.5) is 5.82 Å². The van der Waals surface area contributed by atoms with Gasteiger partial charge in [0.1, 0.15) is 23.2 Å². The summed E-state index contributed by atoms with van der Waals surface area (Å²) in [5.41, 5.74) is 0. The van der Waals surface area contributed by atoms with Crippen LogP contribution < -0.4 is 10.6 Å². The number of nitrogens with zero attached hydrogens (tertiary/aromatic N) is 2. The first-order chi connectivity index (χ1) is 8.04. The highest BCUT2D eigenvalue weighted by Crippen LogP contribution is 2.16. The summed E-state index contributed by atoms with van der Waals surface area (Å²) >= 11 is 5.89. The van der Waals surface area contributed by atoms with Crippen molar-refractivity contribution in [2.45, 2.75) is 39.3 Å². The van der Waals surface area contributed by atoms with Crippen molar-refractivity contribution in [3.63, 3.8) is 0 Å². The first-order valence-corrected chi connectivity index (χ1v) is 5.94. The Bertz CT molecular complexity index is 385. The van der Waals surface area contributed by atoms with E-state index >= 15 is 0 Å². The van der Waals surface area contributed by atoms with Gasteiger partial charge in [-0.2, -0.15) is 0 Å². The molecule has 1 amide bonds. The number of carbonyl (C=O) groups excluding carboxylic acids is 1. The maximum absolute atomic E-state index is 11.8. The zero-order valence-electron chi connectivity index (χ0n) is 10.2. The van der Waals surface area contributed by atoms with Crippen molar-refractivity contribution in [3.8, 4) is 0 Å². The highest BCUT2D eigenvalue weighted by molar-refractivity contribution is 6.32. The van der Waals surface area contributed by atoms with Gasteiger partial charge in [-0.3, -0.25) is 4.79 Å². The molecule has 6 heteroatoms. The number of hydrogen-bond donors (Lipinski definition) is 2. The summed E-state index contributed by atoms with van der Waals surface area (Å²) in [7, 11) is 0. The molecule has 0 fully saturated rings. The van der Waals surface area contributed by atoms with Crippen molar-refractivity contribution in [1.82, 2.24) is 15.3 Å². The van der Waals surface area contributed by atoms with Crippen LogP contribution in [-0.2, 0) is 4.79 Å². The first-order valence-electron chi connectivity index (χ1n) is 5.57. The SMILES string of the molecule is CCC(C)NC(=O)C(C)Nc1ncncc1Cl. The predicted molar refractivity (Wildman–Crippen MR) is 68.0 cm³/mol. The number of nitrogens with one attached hydrogen (secondary N) is 2. The van der Waals surface area contributed by atoms with Gasteiger partial charge in [-0.25, -0.2) is 9.97 Å². The summed E-state index contributed by atoms with van der Waals surface area (Å²) in [6.07, 6.45) is 3.76. The molecule has 0 aliphatic rings. The first kappa shape index (κ1) is 13.7. The molecule has 0 radical (unpaired) electrons. The third kappa shape index (κ3) is 4.19. The predicted octanol–water partition coefficient (Wildman–Crippen LogP) is 1.85. The number of rotatable bonds is 5. The maximum Gasteiger partial charge on any atom is 0.242 e. The van der Waals surface area contributed by atoms with Crippen molar-refractivity contribution in [1.29, 1.82) is 0 Å². The van der Waals surface area contributed by atoms with Gasteiger partial charge < -0.3 is 10.6 Å². The van der Waals surface area contributed by atoms with Gasteiger partial charge in [-0.1, -0.05) is 18.5 Å². The highest BCUT2D eigenvalue weighted by Gasteiger charge is 2.15. The van der Waals surface area contributed by atoms with Gasteiger partial charge >= 0.3 is 0 Å². The summed E-state index contributed by atoms with van der Waals surface area (Å²) < 4.78 is 0. The molecule has 1 aromatic heterocycles. The van der Waals surface area contributed by atoms with Crippen LogP contribution in [0.3, 0.4) is 0 Å². The van der Waals surface area contributed by atoms with Gasteiger partial charge in [0.15, 0.2) is 0 Å². The number of amides is 1. The summed E-state index contributed by atoms with van der Waals surface area (Å²) in [6, 6.07) is -0.232. The normalized spacial score (nSPS) is 13.9. The smallest absolute Gasteiger partial charge is 0.242 e. The fourth-order valence-corrected chi connectivity index (χ4v) is 1.32. The van der Waals surface area contributed by atoms with E-state index in [9.17, 15) is 4.79 Å². The average Bonchev–Trinajstić information content (AvgIpc) is 2.31. The number of hydrogen-bond acceptors (Lipinski definition) is 4. The van der Waals surface area contributed by atoms with Crippen LogP contribution in [0.2, 0.25) is 5.02 Å². The van der Waals surface area contributed by atoms with Gasteiger partial charge in [-0.05, 0) is 20.3 Å². The van der Waals surface area contributed by atoms with Crippen molar-refractivity contribution < 1.29 is 4.79 Å². The monoisotopic (exact) mass is 256 g/mol. The second kappa shape index (κ2) is 6.39. The van der Waals surface area contributed by atoms with Crippen LogP contribution in [0.1, 0.15) is 27.2 Å². The molecule has 1 heterocycles. The molecule has 0 aliphatic heterocycles. The van der Waals surface area contributed by atoms with E-state index in [-0.39, 0.29) is 11.9 Å². The summed E-state index contributed by atoms with van der Waals surface area (Å²) in [4.78, 5) is 19.5. The Morgan fingerprint density at radius 2 is 2.24 bits per heavy atom. The molecule has 0 spiro atoms. The van der Waals surface area contributed by atoms with Gasteiger partial charge in [0.25, 0.3) is 0 Å². The van der Waals surface area contributed by atoms with Crippen molar-refractivity contribution in [2.75, 3.05) is 5.32 Å². The Labute approximate surface area is 106 Å². The second-order valence-corrected chi connectivity index (χ2v) is 4.31. The van der Waals surface area contributed by atoms with Crippen molar-refractivity contribution in [2.24, 2.45) is 0 Å². The van der Waals surface area contributed by atoms with Gasteiger partial charge in [-0.15, -0.1) is 0 Å². The van der Waals surface area contributed by atoms with Crippen LogP contribution in [0.15, 0.2) is 12.5 Å². The number of carbonyl (C=O) groups is 1. The van der Waals surface area contributed by atoms with E-state index in [0.717, 1.165) is 6.42 Å². The lowest BCUT2D eigenvalue weighted by atomic mass is 10.2. The number of anilines is 1. The third-order valence-corrected chi connectivity index (χ3v) is 2.69. The molecule has 0 aromatic carbocycles. The summed E-state index contributed by atoms with van der Waals surface area (Å²) in [5.74, 6) is 0.391. The molecule has 2 atom stereocenters. The Morgan fingerprint density at radius 1 is 1.53 bits per heavy atom. The average molecular weight is 257 g/mol. The van der Waals surface area contributed by atoms with Crippen LogP contribution in [0, 0.1) is 0 Å². The Balaban J connectivity index is 2.57. The van der Waals surface area contributed by atoms with E-state index < -0.39 is 6.04 Å². The molecule has 17 heavy (non-hydrogen) atoms. The topological polar surface area (TPSA) is 66.9 Å². The number of aromatic nitrogens is 2. The highest BCUT2D eigenvalue weighted by atomic mass is 35.5. The van der Waals surface area contributed by atoms with Gasteiger partial charge in [0, 0.05) is 6.04 Å². The standard InChI is InChI=1S/C11H17ClN4O/c1-4-7(2)15-11(17)8(3)16-10-9(12)5-13-6-14-10/h5-8H,4H2,1-3H3,(H,15,17)(H,13,14,16). The zero-order chi connectivity index (χ0) is 12.8. The summed E-state index contributed by atoms with van der Waals surface area (Å²) in [6.45, 7) is 5.74. The van der Waals surface area contributed by atoms with E-state index in [4.69, 9.17) is 11.6 Å². The van der Waals surface area contributed by atoms with E-state index in [1.165, 1.54) is 12.5 Å². The second-order valence-electron chi connectivity index (χ2n) is 3.90. The number of halogens is 1. The van der Waals surface area contributed by atoms with Gasteiger partial charge in [0.2, 0.25) is 5.91 Å². The lowest BCUT2D eigenvalue weighted by Gasteiger charge is -2.18. The molecule has 2 unspecified atom stereocenters. The fourth-order valence-electron chi connectivity index (χ4n) is 1.16. The molecule has 0 saturated heterocycles. The van der Waals surface area contributed by atoms with Crippen LogP contribution in [0.5, 0.6) is 0 Å². The van der Waals surface area contributed by atoms with Crippen molar-refractivity contribution in [3.05, 3.63) is 17.5 Å². The Kier molecular flexibility index (Phi) is 5.15. The molecular formula is C11H17ClN4O. The lowest BCUT2D eigenvalue weighted by molar-refractivity contribution is -0.122. The molecular weight excluding hydrogens is 240 g/mol. The summed E-state index contributed by atoms with van der Waals surface area (Å²) in [5, 5.41) is 6.22. The van der Waals surface area contributed by atoms with Crippen LogP contribution in [0.25, 0.3) is 0 Å². The third-order valence-electron chi connectivity index (χ3n) is 2.42. The molecule has 0 saturated carbocycles. The largest absolute Gasteiger partial charge is 0.357 e. The minimum Gasteiger partial charge on any atom is -0.357 e. The molecule has 1 aromatic rings. The Morgan fingerprint density at radius 3 is 2.82 bits per heavy atom. The fraction of sp³-hybridized carbons (Fsp3) is 0.545. The van der Waals surface area contributed by atoms with Crippen LogP contribution >= 0.6 is 11.6 Å². The quantitative estimate of drug-likeness (QED) is 0.844. The molecule has 94 valence electrons. The minimum absolute atomic E-state index is 0.0750. The van der Waals surface area contributed by atoms with E-state index in [1.54, 1.807) is 6.92 Å². The van der Waals surface area contributed by atoms with Gasteiger partial charge in [0.05, 0.1) is 6.20 Å². The van der Waals surface area contributed by atoms with E-state index in [1.807, 2.05) is 13.8 Å². The molecule has 0 bridgehead atoms. The van der Waals surface area contributed by atoms with Crippen LogP contribution in [-0.4, -0.2) is 28.0 Å².